The molecule has 1 aromatic carbocycles. The fraction of sp³-hybridized carbons (Fsp3) is 0.500. The lowest BCUT2D eigenvalue weighted by molar-refractivity contribution is -0.133. The van der Waals surface area contributed by atoms with E-state index < -0.39 is 15.7 Å². The summed E-state index contributed by atoms with van der Waals surface area (Å²) in [6.07, 6.45) is 3.11. The average molecular weight is 262 g/mol. The van der Waals surface area contributed by atoms with Crippen molar-refractivity contribution < 1.29 is 13.7 Å². The molecule has 1 aromatic rings. The predicted molar refractivity (Wildman–Crippen MR) is 68.0 cm³/mol. The second-order valence-electron chi connectivity index (χ2n) is 5.37. The van der Waals surface area contributed by atoms with Crippen molar-refractivity contribution in [2.45, 2.75) is 36.0 Å². The van der Waals surface area contributed by atoms with E-state index in [1.165, 1.54) is 0 Å². The van der Waals surface area contributed by atoms with Gasteiger partial charge in [-0.05, 0) is 25.3 Å². The third-order valence-electron chi connectivity index (χ3n) is 4.70. The molecular weight excluding hydrogens is 248 g/mol. The average Bonchev–Trinajstić information content (AvgIpc) is 2.84. The molecule has 0 N–H and O–H groups in total. The van der Waals surface area contributed by atoms with Gasteiger partial charge in [-0.15, -0.1) is 0 Å². The molecule has 0 radical (unpaired) electrons. The van der Waals surface area contributed by atoms with Gasteiger partial charge in [-0.3, -0.25) is 9.00 Å². The zero-order chi connectivity index (χ0) is 12.4. The van der Waals surface area contributed by atoms with Gasteiger partial charge in [0.1, 0.15) is 5.75 Å². The number of hydrogen-bond acceptors (Lipinski definition) is 3. The summed E-state index contributed by atoms with van der Waals surface area (Å²) in [5.41, 5.74) is 0.785. The molecule has 0 amide bonds. The SMILES string of the molecule is O=C1CCC[C@@]23CCS(=O)[C@@]12Oc1ccccc13. The highest BCUT2D eigenvalue weighted by Gasteiger charge is 2.71. The lowest BCUT2D eigenvalue weighted by atomic mass is 9.66. The maximum atomic E-state index is 12.5. The van der Waals surface area contributed by atoms with Gasteiger partial charge in [-0.1, -0.05) is 18.2 Å². The Morgan fingerprint density at radius 2 is 2.06 bits per heavy atom. The summed E-state index contributed by atoms with van der Waals surface area (Å²) in [6.45, 7) is 0. The maximum absolute atomic E-state index is 12.5. The monoisotopic (exact) mass is 262 g/mol. The van der Waals surface area contributed by atoms with Crippen LogP contribution in [0.4, 0.5) is 0 Å². The molecule has 94 valence electrons. The first kappa shape index (κ1) is 10.7. The third-order valence-corrected chi connectivity index (χ3v) is 6.61. The number of carbonyl (C=O) groups excluding carboxylic acids is 1. The van der Waals surface area contributed by atoms with Crippen molar-refractivity contribution in [2.75, 3.05) is 5.75 Å². The molecule has 3 atom stereocenters. The van der Waals surface area contributed by atoms with Crippen molar-refractivity contribution in [3.63, 3.8) is 0 Å². The number of carbonyl (C=O) groups is 1. The van der Waals surface area contributed by atoms with Crippen LogP contribution in [0.25, 0.3) is 0 Å². The molecule has 2 heterocycles. The quantitative estimate of drug-likeness (QED) is 0.717. The second-order valence-corrected chi connectivity index (χ2v) is 7.05. The van der Waals surface area contributed by atoms with Gasteiger partial charge in [0, 0.05) is 17.7 Å². The van der Waals surface area contributed by atoms with Crippen LogP contribution in [0.2, 0.25) is 0 Å². The van der Waals surface area contributed by atoms with Gasteiger partial charge in [0.05, 0.1) is 16.2 Å². The van der Waals surface area contributed by atoms with E-state index in [0.29, 0.717) is 12.2 Å². The number of Topliss-reactive ketones (excluding diaryl/α,β-unsaturated/α-hetero) is 1. The van der Waals surface area contributed by atoms with Crippen molar-refractivity contribution in [1.82, 2.24) is 0 Å². The van der Waals surface area contributed by atoms with Crippen molar-refractivity contribution in [1.29, 1.82) is 0 Å². The number of rotatable bonds is 0. The Labute approximate surface area is 108 Å². The van der Waals surface area contributed by atoms with E-state index in [1.54, 1.807) is 0 Å². The number of para-hydroxylation sites is 1. The second kappa shape index (κ2) is 3.23. The van der Waals surface area contributed by atoms with Crippen LogP contribution in [-0.2, 0) is 21.0 Å². The minimum absolute atomic E-state index is 0.0424. The Hall–Kier alpha value is -1.16. The van der Waals surface area contributed by atoms with E-state index in [2.05, 4.69) is 0 Å². The zero-order valence-electron chi connectivity index (χ0n) is 9.98. The molecule has 1 aliphatic carbocycles. The first-order valence-electron chi connectivity index (χ1n) is 6.41. The van der Waals surface area contributed by atoms with Gasteiger partial charge in [0.2, 0.25) is 4.93 Å². The Morgan fingerprint density at radius 1 is 1.22 bits per heavy atom. The smallest absolute Gasteiger partial charge is 0.250 e. The molecule has 0 spiro atoms. The largest absolute Gasteiger partial charge is 0.465 e. The number of ether oxygens (including phenoxy) is 1. The topological polar surface area (TPSA) is 43.4 Å². The van der Waals surface area contributed by atoms with E-state index in [1.807, 2.05) is 24.3 Å². The highest BCUT2D eigenvalue weighted by molar-refractivity contribution is 7.87. The molecule has 3 nitrogen and oxygen atoms in total. The van der Waals surface area contributed by atoms with Gasteiger partial charge in [0.25, 0.3) is 0 Å². The Bertz CT molecular complexity index is 582. The standard InChI is InChI=1S/C14H14O3S/c15-12-6-3-7-13-8-9-18(16)14(12,13)17-11-5-2-1-4-10(11)13/h1-2,4-5H,3,6-9H2/t13-,14-,18?/m0/s1. The van der Waals surface area contributed by atoms with Gasteiger partial charge in [-0.25, -0.2) is 0 Å². The fourth-order valence-corrected chi connectivity index (χ4v) is 6.06. The maximum Gasteiger partial charge on any atom is 0.250 e. The van der Waals surface area contributed by atoms with E-state index in [0.717, 1.165) is 30.6 Å². The molecular formula is C14H14O3S. The number of hydrogen-bond donors (Lipinski definition) is 0. The molecule has 2 aliphatic heterocycles. The lowest BCUT2D eigenvalue weighted by Crippen LogP contribution is -2.58. The Kier molecular flexibility index (Phi) is 1.93. The van der Waals surface area contributed by atoms with Crippen LogP contribution in [0.15, 0.2) is 24.3 Å². The number of ketones is 1. The van der Waals surface area contributed by atoms with E-state index in [-0.39, 0.29) is 11.2 Å². The minimum atomic E-state index is -1.20. The van der Waals surface area contributed by atoms with E-state index in [4.69, 9.17) is 4.74 Å². The third kappa shape index (κ3) is 0.945. The summed E-state index contributed by atoms with van der Waals surface area (Å²) in [7, 11) is -1.20. The molecule has 1 unspecified atom stereocenters. The fourth-order valence-electron chi connectivity index (χ4n) is 3.95. The van der Waals surface area contributed by atoms with E-state index >= 15 is 0 Å². The minimum Gasteiger partial charge on any atom is -0.465 e. The summed E-state index contributed by atoms with van der Waals surface area (Å²) >= 11 is 0. The van der Waals surface area contributed by atoms with E-state index in [9.17, 15) is 9.00 Å². The van der Waals surface area contributed by atoms with Crippen LogP contribution in [0, 0.1) is 0 Å². The van der Waals surface area contributed by atoms with Crippen LogP contribution in [0.1, 0.15) is 31.2 Å². The molecule has 4 heteroatoms. The first-order valence-corrected chi connectivity index (χ1v) is 7.73. The van der Waals surface area contributed by atoms with Crippen LogP contribution >= 0.6 is 0 Å². The Morgan fingerprint density at radius 3 is 2.94 bits per heavy atom. The van der Waals surface area contributed by atoms with Gasteiger partial charge >= 0.3 is 0 Å². The molecule has 18 heavy (non-hydrogen) atoms. The summed E-state index contributed by atoms with van der Waals surface area (Å²) in [5, 5.41) is 0. The summed E-state index contributed by atoms with van der Waals surface area (Å²) in [4.78, 5) is 11.4. The molecule has 0 bridgehead atoms. The van der Waals surface area contributed by atoms with Gasteiger partial charge < -0.3 is 4.74 Å². The molecule has 3 aliphatic rings. The van der Waals surface area contributed by atoms with Crippen LogP contribution in [0.3, 0.4) is 0 Å². The molecule has 1 saturated carbocycles. The first-order chi connectivity index (χ1) is 8.71. The summed E-state index contributed by atoms with van der Waals surface area (Å²) in [6, 6.07) is 7.82. The normalized spacial score (nSPS) is 40.9. The summed E-state index contributed by atoms with van der Waals surface area (Å²) < 4.78 is 18.4. The van der Waals surface area contributed by atoms with Crippen LogP contribution in [0.5, 0.6) is 5.75 Å². The summed E-state index contributed by atoms with van der Waals surface area (Å²) in [5.74, 6) is 1.39. The number of benzene rings is 1. The van der Waals surface area contributed by atoms with Crippen molar-refractivity contribution >= 4 is 16.6 Å². The number of fused-ring (bicyclic) bond motifs is 1. The van der Waals surface area contributed by atoms with Crippen LogP contribution in [-0.4, -0.2) is 20.7 Å². The van der Waals surface area contributed by atoms with Gasteiger partial charge in [-0.2, -0.15) is 0 Å². The van der Waals surface area contributed by atoms with Crippen molar-refractivity contribution in [2.24, 2.45) is 0 Å². The van der Waals surface area contributed by atoms with Crippen LogP contribution < -0.4 is 4.74 Å². The van der Waals surface area contributed by atoms with Crippen molar-refractivity contribution in [3.8, 4) is 5.75 Å². The molecule has 0 aromatic heterocycles. The lowest BCUT2D eigenvalue weighted by Gasteiger charge is -2.40. The highest BCUT2D eigenvalue weighted by atomic mass is 32.2. The molecule has 4 rings (SSSR count). The van der Waals surface area contributed by atoms with Crippen molar-refractivity contribution in [3.05, 3.63) is 29.8 Å². The molecule has 2 fully saturated rings. The zero-order valence-corrected chi connectivity index (χ0v) is 10.8. The van der Waals surface area contributed by atoms with Gasteiger partial charge in [0.15, 0.2) is 5.78 Å². The Balaban J connectivity index is 2.03. The predicted octanol–water partition coefficient (Wildman–Crippen LogP) is 1.92. The molecule has 1 saturated heterocycles. The highest BCUT2D eigenvalue weighted by Crippen LogP contribution is 2.61.